The Hall–Kier alpha value is -2.02. The van der Waals surface area contributed by atoms with E-state index in [-0.39, 0.29) is 5.69 Å². The van der Waals surface area contributed by atoms with Crippen LogP contribution >= 0.6 is 15.9 Å². The Kier molecular flexibility index (Phi) is 3.99. The van der Waals surface area contributed by atoms with E-state index >= 15 is 0 Å². The maximum absolute atomic E-state index is 11.0. The fourth-order valence-corrected chi connectivity index (χ4v) is 2.37. The van der Waals surface area contributed by atoms with E-state index in [1.54, 1.807) is 33.4 Å². The summed E-state index contributed by atoms with van der Waals surface area (Å²) in [5, 5.41) is 13.0. The smallest absolute Gasteiger partial charge is 0.356 e. The molecule has 0 aliphatic carbocycles. The minimum absolute atomic E-state index is 0.0218. The lowest BCUT2D eigenvalue weighted by Gasteiger charge is -2.12. The normalized spacial score (nSPS) is 10.4. The molecule has 6 nitrogen and oxygen atoms in total. The van der Waals surface area contributed by atoms with Gasteiger partial charge in [0.2, 0.25) is 0 Å². The SMILES string of the molecule is COc1cc(-c2cc(C(=O)O)nn2C)c(OC)cc1Br. The second-order valence-corrected chi connectivity index (χ2v) is 4.88. The number of aromatic nitrogens is 2. The number of carbonyl (C=O) groups is 1. The number of aryl methyl sites for hydroxylation is 1. The average Bonchev–Trinajstić information content (AvgIpc) is 2.80. The molecule has 0 fully saturated rings. The second kappa shape index (κ2) is 5.54. The van der Waals surface area contributed by atoms with Crippen molar-refractivity contribution in [3.8, 4) is 22.8 Å². The van der Waals surface area contributed by atoms with Gasteiger partial charge in [0.25, 0.3) is 0 Å². The van der Waals surface area contributed by atoms with Crippen molar-refractivity contribution in [3.05, 3.63) is 28.4 Å². The summed E-state index contributed by atoms with van der Waals surface area (Å²) in [6, 6.07) is 5.03. The van der Waals surface area contributed by atoms with Gasteiger partial charge in [0.1, 0.15) is 11.5 Å². The molecular formula is C13H13BrN2O4. The molecule has 1 N–H and O–H groups in total. The largest absolute Gasteiger partial charge is 0.496 e. The number of methoxy groups -OCH3 is 2. The van der Waals surface area contributed by atoms with Crippen LogP contribution in [0, 0.1) is 0 Å². The van der Waals surface area contributed by atoms with Crippen molar-refractivity contribution in [2.45, 2.75) is 0 Å². The molecule has 2 rings (SSSR count). The van der Waals surface area contributed by atoms with Gasteiger partial charge in [0.05, 0.1) is 24.4 Å². The fraction of sp³-hybridized carbons (Fsp3) is 0.231. The van der Waals surface area contributed by atoms with E-state index in [0.29, 0.717) is 22.8 Å². The van der Waals surface area contributed by atoms with Crippen LogP contribution in [0.2, 0.25) is 0 Å². The highest BCUT2D eigenvalue weighted by Crippen LogP contribution is 2.38. The summed E-state index contributed by atoms with van der Waals surface area (Å²) in [4.78, 5) is 11.0. The van der Waals surface area contributed by atoms with Gasteiger partial charge in [-0.1, -0.05) is 0 Å². The lowest BCUT2D eigenvalue weighted by Crippen LogP contribution is -2.00. The number of rotatable bonds is 4. The van der Waals surface area contributed by atoms with Gasteiger partial charge >= 0.3 is 5.97 Å². The average molecular weight is 341 g/mol. The molecule has 0 radical (unpaired) electrons. The zero-order valence-electron chi connectivity index (χ0n) is 11.2. The second-order valence-electron chi connectivity index (χ2n) is 4.03. The number of hydrogen-bond acceptors (Lipinski definition) is 4. The molecule has 1 aromatic carbocycles. The summed E-state index contributed by atoms with van der Waals surface area (Å²) >= 11 is 3.38. The molecule has 0 aliphatic rings. The van der Waals surface area contributed by atoms with E-state index in [4.69, 9.17) is 14.6 Å². The number of benzene rings is 1. The summed E-state index contributed by atoms with van der Waals surface area (Å²) in [6.45, 7) is 0. The molecule has 0 unspecified atom stereocenters. The van der Waals surface area contributed by atoms with Crippen LogP contribution in [0.5, 0.6) is 11.5 Å². The van der Waals surface area contributed by atoms with Gasteiger partial charge in [-0.05, 0) is 34.1 Å². The Bertz CT molecular complexity index is 667. The Balaban J connectivity index is 2.64. The predicted molar refractivity (Wildman–Crippen MR) is 76.4 cm³/mol. The van der Waals surface area contributed by atoms with Gasteiger partial charge < -0.3 is 14.6 Å². The summed E-state index contributed by atoms with van der Waals surface area (Å²) < 4.78 is 12.8. The lowest BCUT2D eigenvalue weighted by atomic mass is 10.1. The summed E-state index contributed by atoms with van der Waals surface area (Å²) in [5.41, 5.74) is 1.31. The van der Waals surface area contributed by atoms with E-state index in [0.717, 1.165) is 4.47 Å². The quantitative estimate of drug-likeness (QED) is 0.925. The van der Waals surface area contributed by atoms with Gasteiger partial charge in [0, 0.05) is 12.6 Å². The van der Waals surface area contributed by atoms with Crippen molar-refractivity contribution in [2.75, 3.05) is 14.2 Å². The Morgan fingerprint density at radius 3 is 2.40 bits per heavy atom. The van der Waals surface area contributed by atoms with Crippen LogP contribution < -0.4 is 9.47 Å². The molecule has 7 heteroatoms. The van der Waals surface area contributed by atoms with Crippen molar-refractivity contribution >= 4 is 21.9 Å². The molecule has 0 saturated heterocycles. The minimum Gasteiger partial charge on any atom is -0.496 e. The van der Waals surface area contributed by atoms with E-state index < -0.39 is 5.97 Å². The van der Waals surface area contributed by atoms with Gasteiger partial charge in [0.15, 0.2) is 5.69 Å². The summed E-state index contributed by atoms with van der Waals surface area (Å²) in [7, 11) is 4.78. The van der Waals surface area contributed by atoms with Crippen molar-refractivity contribution < 1.29 is 19.4 Å². The molecule has 2 aromatic rings. The number of nitrogens with zero attached hydrogens (tertiary/aromatic N) is 2. The topological polar surface area (TPSA) is 73.6 Å². The number of carboxylic acid groups (broad SMARTS) is 1. The molecule has 0 aliphatic heterocycles. The standard InChI is InChI=1S/C13H13BrN2O4/c1-16-10(6-9(15-16)13(17)18)7-4-12(20-3)8(14)5-11(7)19-2/h4-6H,1-3H3,(H,17,18). The summed E-state index contributed by atoms with van der Waals surface area (Å²) in [5.74, 6) is 0.145. The minimum atomic E-state index is -1.07. The summed E-state index contributed by atoms with van der Waals surface area (Å²) in [6.07, 6.45) is 0. The third kappa shape index (κ3) is 2.49. The molecule has 106 valence electrons. The monoisotopic (exact) mass is 340 g/mol. The molecule has 20 heavy (non-hydrogen) atoms. The number of carboxylic acids is 1. The van der Waals surface area contributed by atoms with Crippen LogP contribution in [-0.4, -0.2) is 35.1 Å². The van der Waals surface area contributed by atoms with Crippen LogP contribution in [0.25, 0.3) is 11.3 Å². The number of ether oxygens (including phenoxy) is 2. The zero-order valence-corrected chi connectivity index (χ0v) is 12.8. The maximum atomic E-state index is 11.0. The van der Waals surface area contributed by atoms with Gasteiger partial charge in [-0.2, -0.15) is 5.10 Å². The zero-order chi connectivity index (χ0) is 14.9. The Morgan fingerprint density at radius 2 is 1.90 bits per heavy atom. The van der Waals surface area contributed by atoms with Crippen molar-refractivity contribution in [1.82, 2.24) is 9.78 Å². The molecule has 0 amide bonds. The van der Waals surface area contributed by atoms with Crippen LogP contribution in [0.4, 0.5) is 0 Å². The molecule has 1 heterocycles. The number of halogens is 1. The highest BCUT2D eigenvalue weighted by atomic mass is 79.9. The third-order valence-corrected chi connectivity index (χ3v) is 3.47. The first kappa shape index (κ1) is 14.4. The van der Waals surface area contributed by atoms with Crippen LogP contribution in [0.15, 0.2) is 22.7 Å². The van der Waals surface area contributed by atoms with Crippen LogP contribution in [0.1, 0.15) is 10.5 Å². The fourth-order valence-electron chi connectivity index (χ4n) is 1.88. The predicted octanol–water partition coefficient (Wildman–Crippen LogP) is 2.57. The van der Waals surface area contributed by atoms with Gasteiger partial charge in [-0.3, -0.25) is 4.68 Å². The van der Waals surface area contributed by atoms with Gasteiger partial charge in [-0.25, -0.2) is 4.79 Å². The van der Waals surface area contributed by atoms with Crippen LogP contribution in [0.3, 0.4) is 0 Å². The maximum Gasteiger partial charge on any atom is 0.356 e. The first-order valence-corrected chi connectivity index (χ1v) is 6.46. The van der Waals surface area contributed by atoms with E-state index in [2.05, 4.69) is 21.0 Å². The van der Waals surface area contributed by atoms with E-state index in [1.165, 1.54) is 10.7 Å². The van der Waals surface area contributed by atoms with Crippen LogP contribution in [-0.2, 0) is 7.05 Å². The van der Waals surface area contributed by atoms with Crippen molar-refractivity contribution in [1.29, 1.82) is 0 Å². The Morgan fingerprint density at radius 1 is 1.25 bits per heavy atom. The molecular weight excluding hydrogens is 328 g/mol. The third-order valence-electron chi connectivity index (χ3n) is 2.85. The first-order chi connectivity index (χ1) is 9.47. The van der Waals surface area contributed by atoms with E-state index in [9.17, 15) is 4.79 Å². The van der Waals surface area contributed by atoms with Crippen molar-refractivity contribution in [3.63, 3.8) is 0 Å². The van der Waals surface area contributed by atoms with Crippen molar-refractivity contribution in [2.24, 2.45) is 7.05 Å². The molecule has 0 atom stereocenters. The molecule has 0 bridgehead atoms. The lowest BCUT2D eigenvalue weighted by molar-refractivity contribution is 0.0689. The highest BCUT2D eigenvalue weighted by Gasteiger charge is 2.18. The van der Waals surface area contributed by atoms with Gasteiger partial charge in [-0.15, -0.1) is 0 Å². The van der Waals surface area contributed by atoms with E-state index in [1.807, 2.05) is 0 Å². The number of hydrogen-bond donors (Lipinski definition) is 1. The molecule has 1 aromatic heterocycles. The molecule has 0 saturated carbocycles. The highest BCUT2D eigenvalue weighted by molar-refractivity contribution is 9.10. The molecule has 0 spiro atoms. The first-order valence-electron chi connectivity index (χ1n) is 5.67. The number of aromatic carboxylic acids is 1. The Labute approximate surface area is 124 Å².